The molecule has 1 saturated heterocycles. The quantitative estimate of drug-likeness (QED) is 0.893. The van der Waals surface area contributed by atoms with Crippen LogP contribution in [-0.2, 0) is 11.2 Å². The van der Waals surface area contributed by atoms with Crippen LogP contribution in [0, 0.1) is 5.92 Å². The molecular weight excluding hydrogens is 248 g/mol. The predicted octanol–water partition coefficient (Wildman–Crippen LogP) is 3.31. The fraction of sp³-hybridized carbons (Fsp3) is 0.588. The molecule has 2 rings (SSSR count). The summed E-state index contributed by atoms with van der Waals surface area (Å²) in [5.74, 6) is 0.900. The number of likely N-dealkylation sites (tertiary alicyclic amines) is 1. The lowest BCUT2D eigenvalue weighted by Crippen LogP contribution is -2.36. The highest BCUT2D eigenvalue weighted by atomic mass is 16.1. The fourth-order valence-electron chi connectivity index (χ4n) is 2.91. The summed E-state index contributed by atoms with van der Waals surface area (Å²) < 4.78 is 0. The van der Waals surface area contributed by atoms with Gasteiger partial charge in [0.05, 0.1) is 0 Å². The summed E-state index contributed by atoms with van der Waals surface area (Å²) in [5, 5.41) is 3.05. The molecule has 1 fully saturated rings. The van der Waals surface area contributed by atoms with Gasteiger partial charge in [-0.05, 0) is 43.4 Å². The monoisotopic (exact) mass is 274 g/mol. The highest BCUT2D eigenvalue weighted by molar-refractivity contribution is 5.91. The van der Waals surface area contributed by atoms with E-state index in [1.807, 2.05) is 18.2 Å². The highest BCUT2D eigenvalue weighted by Gasteiger charge is 2.16. The van der Waals surface area contributed by atoms with Gasteiger partial charge >= 0.3 is 0 Å². The van der Waals surface area contributed by atoms with Gasteiger partial charge in [-0.1, -0.05) is 32.0 Å². The molecule has 1 aliphatic heterocycles. The second kappa shape index (κ2) is 7.44. The van der Waals surface area contributed by atoms with Crippen LogP contribution in [0.25, 0.3) is 0 Å². The molecule has 3 heteroatoms. The van der Waals surface area contributed by atoms with E-state index in [1.165, 1.54) is 18.4 Å². The summed E-state index contributed by atoms with van der Waals surface area (Å²) in [6.45, 7) is 7.57. The van der Waals surface area contributed by atoms with E-state index >= 15 is 0 Å². The Kier molecular flexibility index (Phi) is 5.60. The van der Waals surface area contributed by atoms with Crippen molar-refractivity contribution in [2.75, 3.05) is 25.0 Å². The first-order valence-corrected chi connectivity index (χ1v) is 7.79. The van der Waals surface area contributed by atoms with Crippen molar-refractivity contribution in [3.05, 3.63) is 29.8 Å². The molecule has 1 heterocycles. The maximum absolute atomic E-state index is 12.1. The molecule has 20 heavy (non-hydrogen) atoms. The van der Waals surface area contributed by atoms with Crippen molar-refractivity contribution in [1.29, 1.82) is 0 Å². The zero-order valence-corrected chi connectivity index (χ0v) is 12.7. The minimum absolute atomic E-state index is 0.129. The van der Waals surface area contributed by atoms with Crippen molar-refractivity contribution in [2.45, 2.75) is 39.5 Å². The molecule has 0 radical (unpaired) electrons. The van der Waals surface area contributed by atoms with Crippen LogP contribution in [0.15, 0.2) is 24.3 Å². The number of hydrogen-bond acceptors (Lipinski definition) is 2. The molecule has 3 nitrogen and oxygen atoms in total. The highest BCUT2D eigenvalue weighted by Crippen LogP contribution is 2.17. The Morgan fingerprint density at radius 2 is 2.20 bits per heavy atom. The van der Waals surface area contributed by atoms with Crippen LogP contribution >= 0.6 is 0 Å². The molecule has 1 aliphatic rings. The van der Waals surface area contributed by atoms with E-state index in [1.54, 1.807) is 0 Å². The molecule has 1 unspecified atom stereocenters. The molecular formula is C17H26N2O. The van der Waals surface area contributed by atoms with Crippen LogP contribution in [0.2, 0.25) is 0 Å². The first kappa shape index (κ1) is 15.0. The standard InChI is InChI=1S/C17H26N2O/c1-3-15-8-4-5-9-16(15)18-17(20)10-12-19-11-6-7-14(2)13-19/h4-5,8-9,14H,3,6-7,10-13H2,1-2H3,(H,18,20). The normalized spacial score (nSPS) is 19.8. The van der Waals surface area contributed by atoms with Crippen LogP contribution < -0.4 is 5.32 Å². The number of benzene rings is 1. The third kappa shape index (κ3) is 4.34. The van der Waals surface area contributed by atoms with Gasteiger partial charge in [-0.15, -0.1) is 0 Å². The van der Waals surface area contributed by atoms with E-state index in [0.717, 1.165) is 37.7 Å². The minimum atomic E-state index is 0.129. The predicted molar refractivity (Wildman–Crippen MR) is 83.9 cm³/mol. The van der Waals surface area contributed by atoms with Gasteiger partial charge in [0.25, 0.3) is 0 Å². The van der Waals surface area contributed by atoms with E-state index in [0.29, 0.717) is 6.42 Å². The topological polar surface area (TPSA) is 32.3 Å². The number of rotatable bonds is 5. The molecule has 110 valence electrons. The van der Waals surface area contributed by atoms with E-state index in [4.69, 9.17) is 0 Å². The molecule has 0 saturated carbocycles. The van der Waals surface area contributed by atoms with Crippen molar-refractivity contribution < 1.29 is 4.79 Å². The van der Waals surface area contributed by atoms with Crippen LogP contribution in [0.5, 0.6) is 0 Å². The number of carbonyl (C=O) groups excluding carboxylic acids is 1. The van der Waals surface area contributed by atoms with Gasteiger partial charge in [0.15, 0.2) is 0 Å². The Bertz CT molecular complexity index is 444. The molecule has 0 aliphatic carbocycles. The number of aryl methyl sites for hydroxylation is 1. The Balaban J connectivity index is 1.80. The summed E-state index contributed by atoms with van der Waals surface area (Å²) in [5.41, 5.74) is 2.17. The molecule has 1 N–H and O–H groups in total. The smallest absolute Gasteiger partial charge is 0.225 e. The van der Waals surface area contributed by atoms with Crippen molar-refractivity contribution >= 4 is 11.6 Å². The van der Waals surface area contributed by atoms with Crippen LogP contribution in [0.3, 0.4) is 0 Å². The Morgan fingerprint density at radius 1 is 1.40 bits per heavy atom. The average molecular weight is 274 g/mol. The number of amides is 1. The van der Waals surface area contributed by atoms with Gasteiger partial charge in [-0.2, -0.15) is 0 Å². The van der Waals surface area contributed by atoms with Crippen LogP contribution in [-0.4, -0.2) is 30.4 Å². The second-order valence-corrected chi connectivity index (χ2v) is 5.86. The number of para-hydroxylation sites is 1. The Morgan fingerprint density at radius 3 is 2.95 bits per heavy atom. The SMILES string of the molecule is CCc1ccccc1NC(=O)CCN1CCCC(C)C1. The summed E-state index contributed by atoms with van der Waals surface area (Å²) in [7, 11) is 0. The molecule has 0 spiro atoms. The molecule has 1 aromatic carbocycles. The lowest BCUT2D eigenvalue weighted by Gasteiger charge is -2.30. The third-order valence-corrected chi connectivity index (χ3v) is 4.07. The van der Waals surface area contributed by atoms with Crippen molar-refractivity contribution in [2.24, 2.45) is 5.92 Å². The van der Waals surface area contributed by atoms with Crippen LogP contribution in [0.4, 0.5) is 5.69 Å². The zero-order chi connectivity index (χ0) is 14.4. The fourth-order valence-corrected chi connectivity index (χ4v) is 2.91. The number of nitrogens with one attached hydrogen (secondary N) is 1. The summed E-state index contributed by atoms with van der Waals surface area (Å²) in [6.07, 6.45) is 4.12. The minimum Gasteiger partial charge on any atom is -0.326 e. The first-order valence-electron chi connectivity index (χ1n) is 7.79. The number of anilines is 1. The molecule has 0 aromatic heterocycles. The molecule has 1 atom stereocenters. The average Bonchev–Trinajstić information content (AvgIpc) is 2.46. The maximum Gasteiger partial charge on any atom is 0.225 e. The van der Waals surface area contributed by atoms with Crippen molar-refractivity contribution in [1.82, 2.24) is 4.90 Å². The molecule has 1 amide bonds. The summed E-state index contributed by atoms with van der Waals surface area (Å²) in [6, 6.07) is 8.05. The van der Waals surface area contributed by atoms with Crippen molar-refractivity contribution in [3.63, 3.8) is 0 Å². The largest absolute Gasteiger partial charge is 0.326 e. The lowest BCUT2D eigenvalue weighted by atomic mass is 10.0. The first-order chi connectivity index (χ1) is 9.69. The summed E-state index contributed by atoms with van der Waals surface area (Å²) >= 11 is 0. The van der Waals surface area contributed by atoms with Gasteiger partial charge in [0.2, 0.25) is 5.91 Å². The summed E-state index contributed by atoms with van der Waals surface area (Å²) in [4.78, 5) is 14.5. The van der Waals surface area contributed by atoms with Gasteiger partial charge in [-0.3, -0.25) is 4.79 Å². The van der Waals surface area contributed by atoms with E-state index in [-0.39, 0.29) is 5.91 Å². The number of piperidine rings is 1. The van der Waals surface area contributed by atoms with Gasteiger partial charge in [0, 0.05) is 25.2 Å². The van der Waals surface area contributed by atoms with E-state index < -0.39 is 0 Å². The Labute approximate surface area is 122 Å². The Hall–Kier alpha value is -1.35. The van der Waals surface area contributed by atoms with Crippen LogP contribution in [0.1, 0.15) is 38.7 Å². The third-order valence-electron chi connectivity index (χ3n) is 4.07. The molecule has 1 aromatic rings. The molecule has 0 bridgehead atoms. The van der Waals surface area contributed by atoms with E-state index in [2.05, 4.69) is 30.1 Å². The number of carbonyl (C=O) groups is 1. The van der Waals surface area contributed by atoms with E-state index in [9.17, 15) is 4.79 Å². The maximum atomic E-state index is 12.1. The number of nitrogens with zero attached hydrogens (tertiary/aromatic N) is 1. The van der Waals surface area contributed by atoms with Gasteiger partial charge in [0.1, 0.15) is 0 Å². The zero-order valence-electron chi connectivity index (χ0n) is 12.7. The number of hydrogen-bond donors (Lipinski definition) is 1. The van der Waals surface area contributed by atoms with Gasteiger partial charge < -0.3 is 10.2 Å². The van der Waals surface area contributed by atoms with Gasteiger partial charge in [-0.25, -0.2) is 0 Å². The van der Waals surface area contributed by atoms with Crippen molar-refractivity contribution in [3.8, 4) is 0 Å². The lowest BCUT2D eigenvalue weighted by molar-refractivity contribution is -0.116. The second-order valence-electron chi connectivity index (χ2n) is 5.86.